The summed E-state index contributed by atoms with van der Waals surface area (Å²) in [7, 11) is 0. The standard InChI is InChI=1S/C17H20ClNO/c1-12-9-13(2)14(3)17(10-12)20-8-7-19-16-6-4-5-15(18)11-16/h4-6,9-11,19H,7-8H2,1-3H3. The van der Waals surface area contributed by atoms with E-state index in [4.69, 9.17) is 16.3 Å². The van der Waals surface area contributed by atoms with Gasteiger partial charge in [0.2, 0.25) is 0 Å². The molecule has 0 aliphatic carbocycles. The van der Waals surface area contributed by atoms with Crippen LogP contribution < -0.4 is 10.1 Å². The van der Waals surface area contributed by atoms with Gasteiger partial charge in [0.05, 0.1) is 0 Å². The van der Waals surface area contributed by atoms with E-state index in [1.165, 1.54) is 16.7 Å². The third-order valence-electron chi connectivity index (χ3n) is 3.28. The van der Waals surface area contributed by atoms with E-state index in [0.717, 1.165) is 23.0 Å². The van der Waals surface area contributed by atoms with Crippen LogP contribution in [0.3, 0.4) is 0 Å². The monoisotopic (exact) mass is 289 g/mol. The van der Waals surface area contributed by atoms with Crippen LogP contribution in [0.4, 0.5) is 5.69 Å². The van der Waals surface area contributed by atoms with Gasteiger partial charge in [-0.15, -0.1) is 0 Å². The first-order chi connectivity index (χ1) is 9.56. The molecule has 20 heavy (non-hydrogen) atoms. The summed E-state index contributed by atoms with van der Waals surface area (Å²) in [6.07, 6.45) is 0. The van der Waals surface area contributed by atoms with Gasteiger partial charge in [0, 0.05) is 17.3 Å². The molecule has 0 fully saturated rings. The first-order valence-electron chi connectivity index (χ1n) is 6.76. The second-order valence-corrected chi connectivity index (χ2v) is 5.43. The zero-order chi connectivity index (χ0) is 14.5. The molecule has 2 rings (SSSR count). The minimum Gasteiger partial charge on any atom is -0.491 e. The van der Waals surface area contributed by atoms with Crippen molar-refractivity contribution in [2.75, 3.05) is 18.5 Å². The topological polar surface area (TPSA) is 21.3 Å². The first kappa shape index (κ1) is 14.7. The summed E-state index contributed by atoms with van der Waals surface area (Å²) in [6.45, 7) is 7.65. The number of ether oxygens (including phenoxy) is 1. The van der Waals surface area contributed by atoms with Gasteiger partial charge in [-0.1, -0.05) is 23.7 Å². The van der Waals surface area contributed by atoms with Crippen LogP contribution in [-0.2, 0) is 0 Å². The third kappa shape index (κ3) is 3.91. The highest BCUT2D eigenvalue weighted by Gasteiger charge is 2.03. The fourth-order valence-corrected chi connectivity index (χ4v) is 2.30. The van der Waals surface area contributed by atoms with Crippen molar-refractivity contribution in [1.82, 2.24) is 0 Å². The molecule has 0 radical (unpaired) electrons. The second kappa shape index (κ2) is 6.67. The third-order valence-corrected chi connectivity index (χ3v) is 3.51. The maximum absolute atomic E-state index is 5.94. The second-order valence-electron chi connectivity index (χ2n) is 4.99. The van der Waals surface area contributed by atoms with Gasteiger partial charge in [-0.25, -0.2) is 0 Å². The molecule has 0 bridgehead atoms. The van der Waals surface area contributed by atoms with Gasteiger partial charge in [0.15, 0.2) is 0 Å². The van der Waals surface area contributed by atoms with Crippen molar-refractivity contribution in [1.29, 1.82) is 0 Å². The molecule has 0 aliphatic heterocycles. The van der Waals surface area contributed by atoms with Crippen molar-refractivity contribution in [2.24, 2.45) is 0 Å². The summed E-state index contributed by atoms with van der Waals surface area (Å²) in [5, 5.41) is 4.03. The van der Waals surface area contributed by atoms with Gasteiger partial charge in [0.25, 0.3) is 0 Å². The Bertz CT molecular complexity index is 596. The summed E-state index contributed by atoms with van der Waals surface area (Å²) in [5.74, 6) is 0.968. The summed E-state index contributed by atoms with van der Waals surface area (Å²) in [6, 6.07) is 12.0. The van der Waals surface area contributed by atoms with E-state index in [-0.39, 0.29) is 0 Å². The molecule has 2 aromatic carbocycles. The van der Waals surface area contributed by atoms with E-state index < -0.39 is 0 Å². The number of benzene rings is 2. The molecule has 0 amide bonds. The summed E-state index contributed by atoms with van der Waals surface area (Å²) >= 11 is 5.94. The van der Waals surface area contributed by atoms with E-state index in [9.17, 15) is 0 Å². The molecule has 2 nitrogen and oxygen atoms in total. The molecule has 0 saturated carbocycles. The van der Waals surface area contributed by atoms with Crippen LogP contribution in [-0.4, -0.2) is 13.2 Å². The highest BCUT2D eigenvalue weighted by molar-refractivity contribution is 6.30. The van der Waals surface area contributed by atoms with Crippen molar-refractivity contribution in [3.05, 3.63) is 58.1 Å². The minimum absolute atomic E-state index is 0.621. The van der Waals surface area contributed by atoms with Gasteiger partial charge in [0.1, 0.15) is 12.4 Å². The fraction of sp³-hybridized carbons (Fsp3) is 0.294. The number of halogens is 1. The van der Waals surface area contributed by atoms with Crippen molar-refractivity contribution < 1.29 is 4.74 Å². The van der Waals surface area contributed by atoms with Gasteiger partial charge >= 0.3 is 0 Å². The number of hydrogen-bond acceptors (Lipinski definition) is 2. The summed E-state index contributed by atoms with van der Waals surface area (Å²) in [5.41, 5.74) is 4.71. The molecule has 0 saturated heterocycles. The molecule has 0 unspecified atom stereocenters. The Hall–Kier alpha value is -1.67. The van der Waals surface area contributed by atoms with Crippen LogP contribution in [0.5, 0.6) is 5.75 Å². The summed E-state index contributed by atoms with van der Waals surface area (Å²) < 4.78 is 5.85. The Morgan fingerprint density at radius 1 is 1.10 bits per heavy atom. The Labute approximate surface area is 125 Å². The van der Waals surface area contributed by atoms with Crippen LogP contribution >= 0.6 is 11.6 Å². The molecular formula is C17H20ClNO. The van der Waals surface area contributed by atoms with E-state index in [1.807, 2.05) is 24.3 Å². The Morgan fingerprint density at radius 2 is 1.90 bits per heavy atom. The van der Waals surface area contributed by atoms with E-state index in [0.29, 0.717) is 6.61 Å². The van der Waals surface area contributed by atoms with Crippen molar-refractivity contribution in [2.45, 2.75) is 20.8 Å². The number of rotatable bonds is 5. The molecule has 0 heterocycles. The fourth-order valence-electron chi connectivity index (χ4n) is 2.11. The maximum Gasteiger partial charge on any atom is 0.122 e. The molecule has 0 aromatic heterocycles. The molecule has 2 aromatic rings. The van der Waals surface area contributed by atoms with Gasteiger partial charge in [-0.05, 0) is 61.7 Å². The lowest BCUT2D eigenvalue weighted by molar-refractivity contribution is 0.330. The molecule has 106 valence electrons. The predicted molar refractivity (Wildman–Crippen MR) is 86.1 cm³/mol. The van der Waals surface area contributed by atoms with Crippen LogP contribution in [0.2, 0.25) is 5.02 Å². The van der Waals surface area contributed by atoms with Crippen LogP contribution in [0, 0.1) is 20.8 Å². The Morgan fingerprint density at radius 3 is 2.65 bits per heavy atom. The normalized spacial score (nSPS) is 10.4. The number of aryl methyl sites for hydroxylation is 2. The quantitative estimate of drug-likeness (QED) is 0.802. The van der Waals surface area contributed by atoms with Crippen molar-refractivity contribution in [3.8, 4) is 5.75 Å². The molecule has 0 atom stereocenters. The Balaban J connectivity index is 1.87. The highest BCUT2D eigenvalue weighted by atomic mass is 35.5. The van der Waals surface area contributed by atoms with Gasteiger partial charge < -0.3 is 10.1 Å². The SMILES string of the molecule is Cc1cc(C)c(C)c(OCCNc2cccc(Cl)c2)c1. The number of nitrogens with one attached hydrogen (secondary N) is 1. The Kier molecular flexibility index (Phi) is 4.91. The maximum atomic E-state index is 5.94. The first-order valence-corrected chi connectivity index (χ1v) is 7.14. The molecule has 0 spiro atoms. The summed E-state index contributed by atoms with van der Waals surface area (Å²) in [4.78, 5) is 0. The van der Waals surface area contributed by atoms with E-state index >= 15 is 0 Å². The van der Waals surface area contributed by atoms with Crippen LogP contribution in [0.25, 0.3) is 0 Å². The molecule has 1 N–H and O–H groups in total. The van der Waals surface area contributed by atoms with Gasteiger partial charge in [-0.3, -0.25) is 0 Å². The lowest BCUT2D eigenvalue weighted by atomic mass is 10.1. The van der Waals surface area contributed by atoms with Gasteiger partial charge in [-0.2, -0.15) is 0 Å². The number of hydrogen-bond donors (Lipinski definition) is 1. The van der Waals surface area contributed by atoms with Crippen LogP contribution in [0.15, 0.2) is 36.4 Å². The average molecular weight is 290 g/mol. The smallest absolute Gasteiger partial charge is 0.122 e. The minimum atomic E-state index is 0.621. The molecular weight excluding hydrogens is 270 g/mol. The average Bonchev–Trinajstić information content (AvgIpc) is 2.40. The zero-order valence-electron chi connectivity index (χ0n) is 12.2. The highest BCUT2D eigenvalue weighted by Crippen LogP contribution is 2.23. The largest absolute Gasteiger partial charge is 0.491 e. The van der Waals surface area contributed by atoms with Crippen LogP contribution in [0.1, 0.15) is 16.7 Å². The van der Waals surface area contributed by atoms with Crippen molar-refractivity contribution >= 4 is 17.3 Å². The predicted octanol–water partition coefficient (Wildman–Crippen LogP) is 4.76. The lowest BCUT2D eigenvalue weighted by Gasteiger charge is -2.13. The lowest BCUT2D eigenvalue weighted by Crippen LogP contribution is -2.12. The van der Waals surface area contributed by atoms with E-state index in [1.54, 1.807) is 0 Å². The van der Waals surface area contributed by atoms with E-state index in [2.05, 4.69) is 38.2 Å². The van der Waals surface area contributed by atoms with Crippen molar-refractivity contribution in [3.63, 3.8) is 0 Å². The molecule has 0 aliphatic rings. The zero-order valence-corrected chi connectivity index (χ0v) is 12.9. The molecule has 3 heteroatoms. The number of anilines is 1.